The zero-order chi connectivity index (χ0) is 13.1. The van der Waals surface area contributed by atoms with Crippen molar-refractivity contribution in [1.82, 2.24) is 9.97 Å². The minimum atomic E-state index is -0.607. The van der Waals surface area contributed by atoms with Gasteiger partial charge < -0.3 is 10.2 Å². The van der Waals surface area contributed by atoms with Gasteiger partial charge in [0.25, 0.3) is 0 Å². The lowest BCUT2D eigenvalue weighted by Crippen LogP contribution is -2.00. The summed E-state index contributed by atoms with van der Waals surface area (Å²) in [5, 5.41) is 19.0. The minimum Gasteiger partial charge on any atom is -0.387 e. The number of rotatable bonds is 3. The number of aliphatic hydroxyl groups excluding tert-OH is 2. The molecule has 4 nitrogen and oxygen atoms in total. The van der Waals surface area contributed by atoms with Crippen molar-refractivity contribution in [1.29, 1.82) is 0 Å². The molecule has 0 fully saturated rings. The molecule has 0 aliphatic rings. The molecular weight excluding hydrogens is 228 g/mol. The summed E-state index contributed by atoms with van der Waals surface area (Å²) in [6.45, 7) is 3.34. The maximum absolute atomic E-state index is 9.51. The molecule has 2 heterocycles. The molecule has 0 saturated carbocycles. The molecule has 0 aromatic carbocycles. The van der Waals surface area contributed by atoms with Crippen LogP contribution < -0.4 is 0 Å². The van der Waals surface area contributed by atoms with Crippen molar-refractivity contribution in [2.24, 2.45) is 0 Å². The van der Waals surface area contributed by atoms with Crippen LogP contribution in [0.5, 0.6) is 0 Å². The van der Waals surface area contributed by atoms with E-state index in [4.69, 9.17) is 0 Å². The van der Waals surface area contributed by atoms with Crippen LogP contribution in [0.2, 0.25) is 0 Å². The van der Waals surface area contributed by atoms with Crippen LogP contribution in [-0.4, -0.2) is 20.2 Å². The first kappa shape index (κ1) is 12.7. The van der Waals surface area contributed by atoms with Gasteiger partial charge in [0.05, 0.1) is 35.0 Å². The maximum atomic E-state index is 9.51. The van der Waals surface area contributed by atoms with Crippen molar-refractivity contribution in [3.05, 3.63) is 47.8 Å². The van der Waals surface area contributed by atoms with Crippen LogP contribution in [0.1, 0.15) is 37.4 Å². The first-order chi connectivity index (χ1) is 8.58. The summed E-state index contributed by atoms with van der Waals surface area (Å²) in [5.74, 6) is 0. The quantitative estimate of drug-likeness (QED) is 0.869. The van der Waals surface area contributed by atoms with Crippen molar-refractivity contribution in [2.75, 3.05) is 0 Å². The Morgan fingerprint density at radius 1 is 0.778 bits per heavy atom. The van der Waals surface area contributed by atoms with Gasteiger partial charge >= 0.3 is 0 Å². The van der Waals surface area contributed by atoms with E-state index in [1.165, 1.54) is 0 Å². The van der Waals surface area contributed by atoms with Gasteiger partial charge in [-0.25, -0.2) is 9.97 Å². The summed E-state index contributed by atoms with van der Waals surface area (Å²) in [4.78, 5) is 8.70. The second-order valence-corrected chi connectivity index (χ2v) is 4.25. The second-order valence-electron chi connectivity index (χ2n) is 4.25. The lowest BCUT2D eigenvalue weighted by atomic mass is 10.1. The first-order valence-electron chi connectivity index (χ1n) is 5.88. The van der Waals surface area contributed by atoms with E-state index in [1.54, 1.807) is 26.0 Å². The number of aromatic nitrogens is 2. The van der Waals surface area contributed by atoms with Crippen LogP contribution in [0.15, 0.2) is 36.4 Å². The van der Waals surface area contributed by atoms with Crippen LogP contribution in [-0.2, 0) is 0 Å². The molecular formula is C14H16N2O2. The highest BCUT2D eigenvalue weighted by Gasteiger charge is 2.08. The standard InChI is InChI=1S/C14H16N2O2/c1-9(17)11-5-3-7-13(15-11)14-8-4-6-12(16-14)10(2)18/h3-10,17-18H,1-2H3/t9-,10-/m0/s1. The fourth-order valence-corrected chi connectivity index (χ4v) is 1.65. The van der Waals surface area contributed by atoms with E-state index in [0.717, 1.165) is 0 Å². The Hall–Kier alpha value is -1.78. The topological polar surface area (TPSA) is 66.2 Å². The van der Waals surface area contributed by atoms with E-state index in [0.29, 0.717) is 22.8 Å². The van der Waals surface area contributed by atoms with Crippen LogP contribution in [0.4, 0.5) is 0 Å². The van der Waals surface area contributed by atoms with Gasteiger partial charge in [0, 0.05) is 0 Å². The lowest BCUT2D eigenvalue weighted by Gasteiger charge is -2.08. The molecule has 0 radical (unpaired) electrons. The van der Waals surface area contributed by atoms with Gasteiger partial charge in [0.15, 0.2) is 0 Å². The number of nitrogens with zero attached hydrogens (tertiary/aromatic N) is 2. The highest BCUT2D eigenvalue weighted by atomic mass is 16.3. The monoisotopic (exact) mass is 244 g/mol. The molecule has 2 rings (SSSR count). The summed E-state index contributed by atoms with van der Waals surface area (Å²) >= 11 is 0. The molecule has 4 heteroatoms. The predicted octanol–water partition coefficient (Wildman–Crippen LogP) is 2.25. The van der Waals surface area contributed by atoms with Gasteiger partial charge in [-0.1, -0.05) is 12.1 Å². The second kappa shape index (κ2) is 5.25. The van der Waals surface area contributed by atoms with Crippen LogP contribution in [0.3, 0.4) is 0 Å². The molecule has 2 aromatic rings. The Morgan fingerprint density at radius 2 is 1.17 bits per heavy atom. The molecule has 0 unspecified atom stereocenters. The third-order valence-corrected chi connectivity index (χ3v) is 2.66. The number of pyridine rings is 2. The lowest BCUT2D eigenvalue weighted by molar-refractivity contribution is 0.193. The Balaban J connectivity index is 2.42. The normalized spacial score (nSPS) is 14.2. The fraction of sp³-hybridized carbons (Fsp3) is 0.286. The largest absolute Gasteiger partial charge is 0.387 e. The Morgan fingerprint density at radius 3 is 1.50 bits per heavy atom. The Labute approximate surface area is 106 Å². The molecule has 0 spiro atoms. The Kier molecular flexibility index (Phi) is 3.69. The van der Waals surface area contributed by atoms with Gasteiger partial charge in [0.1, 0.15) is 0 Å². The third-order valence-electron chi connectivity index (χ3n) is 2.66. The van der Waals surface area contributed by atoms with Gasteiger partial charge in [-0.3, -0.25) is 0 Å². The molecule has 0 saturated heterocycles. The van der Waals surface area contributed by atoms with Crippen LogP contribution >= 0.6 is 0 Å². The number of hydrogen-bond donors (Lipinski definition) is 2. The highest BCUT2D eigenvalue weighted by molar-refractivity contribution is 5.54. The van der Waals surface area contributed by atoms with Gasteiger partial charge in [-0.2, -0.15) is 0 Å². The van der Waals surface area contributed by atoms with E-state index in [-0.39, 0.29) is 0 Å². The van der Waals surface area contributed by atoms with E-state index in [1.807, 2.05) is 24.3 Å². The van der Waals surface area contributed by atoms with Crippen molar-refractivity contribution >= 4 is 0 Å². The molecule has 0 bridgehead atoms. The first-order valence-corrected chi connectivity index (χ1v) is 5.88. The summed E-state index contributed by atoms with van der Waals surface area (Å²) < 4.78 is 0. The van der Waals surface area contributed by atoms with Crippen LogP contribution in [0.25, 0.3) is 11.4 Å². The van der Waals surface area contributed by atoms with Crippen molar-refractivity contribution < 1.29 is 10.2 Å². The number of aliphatic hydroxyl groups is 2. The summed E-state index contributed by atoms with van der Waals surface area (Å²) in [6, 6.07) is 10.9. The summed E-state index contributed by atoms with van der Waals surface area (Å²) in [6.07, 6.45) is -1.21. The molecule has 18 heavy (non-hydrogen) atoms. The molecule has 2 aromatic heterocycles. The molecule has 94 valence electrons. The predicted molar refractivity (Wildman–Crippen MR) is 68.7 cm³/mol. The summed E-state index contributed by atoms with van der Waals surface area (Å²) in [7, 11) is 0. The zero-order valence-corrected chi connectivity index (χ0v) is 10.4. The Bertz CT molecular complexity index is 489. The average molecular weight is 244 g/mol. The van der Waals surface area contributed by atoms with Gasteiger partial charge in [-0.05, 0) is 38.1 Å². The smallest absolute Gasteiger partial charge is 0.0932 e. The van der Waals surface area contributed by atoms with Crippen molar-refractivity contribution in [2.45, 2.75) is 26.1 Å². The zero-order valence-electron chi connectivity index (χ0n) is 10.4. The number of hydrogen-bond acceptors (Lipinski definition) is 4. The maximum Gasteiger partial charge on any atom is 0.0932 e. The van der Waals surface area contributed by atoms with Gasteiger partial charge in [0.2, 0.25) is 0 Å². The molecule has 0 amide bonds. The SMILES string of the molecule is C[C@H](O)c1cccc(-c2cccc([C@H](C)O)n2)n1. The molecule has 2 N–H and O–H groups in total. The van der Waals surface area contributed by atoms with E-state index < -0.39 is 12.2 Å². The average Bonchev–Trinajstić information content (AvgIpc) is 2.39. The van der Waals surface area contributed by atoms with E-state index in [9.17, 15) is 10.2 Å². The van der Waals surface area contributed by atoms with E-state index >= 15 is 0 Å². The molecule has 2 atom stereocenters. The molecule has 0 aliphatic heterocycles. The van der Waals surface area contributed by atoms with Crippen molar-refractivity contribution in [3.8, 4) is 11.4 Å². The third kappa shape index (κ3) is 2.72. The molecule has 0 aliphatic carbocycles. The van der Waals surface area contributed by atoms with E-state index in [2.05, 4.69) is 9.97 Å². The highest BCUT2D eigenvalue weighted by Crippen LogP contribution is 2.19. The minimum absolute atomic E-state index is 0.607. The summed E-state index contributed by atoms with van der Waals surface area (Å²) in [5.41, 5.74) is 2.60. The van der Waals surface area contributed by atoms with Gasteiger partial charge in [-0.15, -0.1) is 0 Å². The fourth-order valence-electron chi connectivity index (χ4n) is 1.65. The van der Waals surface area contributed by atoms with Crippen LogP contribution in [0, 0.1) is 0 Å². The van der Waals surface area contributed by atoms with Crippen molar-refractivity contribution in [3.63, 3.8) is 0 Å².